The summed E-state index contributed by atoms with van der Waals surface area (Å²) in [6, 6.07) is 3.88. The van der Waals surface area contributed by atoms with Crippen LogP contribution in [0.1, 0.15) is 44.6 Å². The minimum absolute atomic E-state index is 0.282. The second-order valence-corrected chi connectivity index (χ2v) is 5.63. The SMILES string of the molecule is CCC1CCCCC1Oc1cc2c(cc1CN)OCO2. The highest BCUT2D eigenvalue weighted by Gasteiger charge is 2.27. The third-order valence-corrected chi connectivity index (χ3v) is 4.42. The van der Waals surface area contributed by atoms with Crippen LogP contribution in [0.2, 0.25) is 0 Å². The highest BCUT2D eigenvalue weighted by atomic mass is 16.7. The molecular weight excluding hydrogens is 254 g/mol. The Hall–Kier alpha value is -1.42. The van der Waals surface area contributed by atoms with Gasteiger partial charge in [-0.05, 0) is 37.7 Å². The van der Waals surface area contributed by atoms with Crippen LogP contribution in [0, 0.1) is 5.92 Å². The molecular formula is C16H23NO3. The summed E-state index contributed by atoms with van der Waals surface area (Å²) in [4.78, 5) is 0. The number of hydrogen-bond acceptors (Lipinski definition) is 4. The quantitative estimate of drug-likeness (QED) is 0.918. The predicted octanol–water partition coefficient (Wildman–Crippen LogP) is 3.22. The molecule has 2 aliphatic rings. The first kappa shape index (κ1) is 13.6. The minimum Gasteiger partial charge on any atom is -0.490 e. The van der Waals surface area contributed by atoms with Gasteiger partial charge < -0.3 is 19.9 Å². The molecule has 1 heterocycles. The number of rotatable bonds is 4. The summed E-state index contributed by atoms with van der Waals surface area (Å²) in [7, 11) is 0. The van der Waals surface area contributed by atoms with Gasteiger partial charge in [0.15, 0.2) is 11.5 Å². The first-order valence-corrected chi connectivity index (χ1v) is 7.61. The van der Waals surface area contributed by atoms with E-state index in [4.69, 9.17) is 19.9 Å². The van der Waals surface area contributed by atoms with Crippen molar-refractivity contribution in [2.24, 2.45) is 11.7 Å². The van der Waals surface area contributed by atoms with E-state index in [0.717, 1.165) is 29.2 Å². The lowest BCUT2D eigenvalue weighted by Gasteiger charge is -2.31. The molecule has 0 bridgehead atoms. The van der Waals surface area contributed by atoms with E-state index >= 15 is 0 Å². The summed E-state index contributed by atoms with van der Waals surface area (Å²) < 4.78 is 17.1. The van der Waals surface area contributed by atoms with Crippen LogP contribution in [-0.4, -0.2) is 12.9 Å². The van der Waals surface area contributed by atoms with Crippen molar-refractivity contribution in [1.29, 1.82) is 0 Å². The van der Waals surface area contributed by atoms with E-state index in [1.165, 1.54) is 25.7 Å². The molecule has 0 amide bonds. The van der Waals surface area contributed by atoms with Crippen LogP contribution in [0.15, 0.2) is 12.1 Å². The van der Waals surface area contributed by atoms with Crippen molar-refractivity contribution in [2.75, 3.05) is 6.79 Å². The van der Waals surface area contributed by atoms with Crippen molar-refractivity contribution in [3.8, 4) is 17.2 Å². The minimum atomic E-state index is 0.282. The maximum Gasteiger partial charge on any atom is 0.231 e. The lowest BCUT2D eigenvalue weighted by atomic mass is 9.84. The van der Waals surface area contributed by atoms with E-state index in [9.17, 15) is 0 Å². The molecule has 110 valence electrons. The van der Waals surface area contributed by atoms with Gasteiger partial charge in [-0.2, -0.15) is 0 Å². The van der Waals surface area contributed by atoms with E-state index in [1.807, 2.05) is 12.1 Å². The van der Waals surface area contributed by atoms with Crippen molar-refractivity contribution in [2.45, 2.75) is 51.7 Å². The Morgan fingerprint density at radius 3 is 2.70 bits per heavy atom. The van der Waals surface area contributed by atoms with Crippen molar-refractivity contribution >= 4 is 0 Å². The zero-order chi connectivity index (χ0) is 13.9. The first-order valence-electron chi connectivity index (χ1n) is 7.61. The van der Waals surface area contributed by atoms with Crippen LogP contribution in [0.5, 0.6) is 17.2 Å². The van der Waals surface area contributed by atoms with Gasteiger partial charge in [0.2, 0.25) is 6.79 Å². The van der Waals surface area contributed by atoms with E-state index in [2.05, 4.69) is 6.92 Å². The molecule has 4 nitrogen and oxygen atoms in total. The van der Waals surface area contributed by atoms with Crippen LogP contribution >= 0.6 is 0 Å². The Morgan fingerprint density at radius 2 is 1.95 bits per heavy atom. The summed E-state index contributed by atoms with van der Waals surface area (Å²) in [5, 5.41) is 0. The zero-order valence-electron chi connectivity index (χ0n) is 12.1. The average molecular weight is 277 g/mol. The number of hydrogen-bond donors (Lipinski definition) is 1. The Kier molecular flexibility index (Phi) is 4.01. The Morgan fingerprint density at radius 1 is 1.20 bits per heavy atom. The molecule has 1 aliphatic carbocycles. The highest BCUT2D eigenvalue weighted by molar-refractivity contribution is 5.51. The van der Waals surface area contributed by atoms with E-state index in [-0.39, 0.29) is 6.79 Å². The molecule has 1 aromatic carbocycles. The molecule has 2 N–H and O–H groups in total. The fourth-order valence-corrected chi connectivity index (χ4v) is 3.19. The molecule has 3 rings (SSSR count). The lowest BCUT2D eigenvalue weighted by molar-refractivity contribution is 0.0892. The molecule has 0 spiro atoms. The molecule has 1 aromatic rings. The van der Waals surface area contributed by atoms with Gasteiger partial charge in [0.25, 0.3) is 0 Å². The van der Waals surface area contributed by atoms with Crippen molar-refractivity contribution in [3.05, 3.63) is 17.7 Å². The van der Waals surface area contributed by atoms with Crippen molar-refractivity contribution in [1.82, 2.24) is 0 Å². The molecule has 0 radical (unpaired) electrons. The standard InChI is InChI=1S/C16H23NO3/c1-2-11-5-3-4-6-13(11)20-14-8-16-15(18-10-19-16)7-12(14)9-17/h7-8,11,13H,2-6,9-10,17H2,1H3. The third-order valence-electron chi connectivity index (χ3n) is 4.42. The van der Waals surface area contributed by atoms with Crippen LogP contribution in [-0.2, 0) is 6.54 Å². The molecule has 4 heteroatoms. The normalized spacial score (nSPS) is 24.7. The second-order valence-electron chi connectivity index (χ2n) is 5.63. The number of benzene rings is 1. The summed E-state index contributed by atoms with van der Waals surface area (Å²) >= 11 is 0. The van der Waals surface area contributed by atoms with E-state index in [1.54, 1.807) is 0 Å². The van der Waals surface area contributed by atoms with E-state index in [0.29, 0.717) is 18.6 Å². The Balaban J connectivity index is 1.82. The Bertz CT molecular complexity index is 475. The average Bonchev–Trinajstić information content (AvgIpc) is 2.94. The van der Waals surface area contributed by atoms with Gasteiger partial charge in [-0.3, -0.25) is 0 Å². The van der Waals surface area contributed by atoms with Crippen molar-refractivity contribution in [3.63, 3.8) is 0 Å². The Labute approximate surface area is 120 Å². The van der Waals surface area contributed by atoms with Gasteiger partial charge in [-0.25, -0.2) is 0 Å². The fourth-order valence-electron chi connectivity index (χ4n) is 3.19. The third kappa shape index (κ3) is 2.57. The first-order chi connectivity index (χ1) is 9.81. The lowest BCUT2D eigenvalue weighted by Crippen LogP contribution is -2.30. The highest BCUT2D eigenvalue weighted by Crippen LogP contribution is 2.40. The molecule has 1 aliphatic heterocycles. The molecule has 0 saturated heterocycles. The van der Waals surface area contributed by atoms with Gasteiger partial charge in [-0.15, -0.1) is 0 Å². The fraction of sp³-hybridized carbons (Fsp3) is 0.625. The smallest absolute Gasteiger partial charge is 0.231 e. The van der Waals surface area contributed by atoms with Crippen LogP contribution in [0.3, 0.4) is 0 Å². The molecule has 2 unspecified atom stereocenters. The summed E-state index contributed by atoms with van der Waals surface area (Å²) in [6.07, 6.45) is 6.46. The predicted molar refractivity (Wildman–Crippen MR) is 77.1 cm³/mol. The largest absolute Gasteiger partial charge is 0.490 e. The molecule has 2 atom stereocenters. The molecule has 0 aromatic heterocycles. The summed E-state index contributed by atoms with van der Waals surface area (Å²) in [5.74, 6) is 3.05. The molecule has 1 saturated carbocycles. The van der Waals surface area contributed by atoms with Crippen LogP contribution < -0.4 is 19.9 Å². The topological polar surface area (TPSA) is 53.7 Å². The van der Waals surface area contributed by atoms with Gasteiger partial charge in [0, 0.05) is 18.2 Å². The molecule has 1 fully saturated rings. The molecule has 20 heavy (non-hydrogen) atoms. The van der Waals surface area contributed by atoms with Crippen molar-refractivity contribution < 1.29 is 14.2 Å². The number of fused-ring (bicyclic) bond motifs is 1. The summed E-state index contributed by atoms with van der Waals surface area (Å²) in [6.45, 7) is 2.98. The zero-order valence-corrected chi connectivity index (χ0v) is 12.1. The summed E-state index contributed by atoms with van der Waals surface area (Å²) in [5.41, 5.74) is 6.84. The monoisotopic (exact) mass is 277 g/mol. The van der Waals surface area contributed by atoms with Gasteiger partial charge in [0.1, 0.15) is 11.9 Å². The number of ether oxygens (including phenoxy) is 3. The second kappa shape index (κ2) is 5.92. The maximum atomic E-state index is 6.29. The van der Waals surface area contributed by atoms with Crippen LogP contribution in [0.4, 0.5) is 0 Å². The van der Waals surface area contributed by atoms with Gasteiger partial charge >= 0.3 is 0 Å². The van der Waals surface area contributed by atoms with Gasteiger partial charge in [0.05, 0.1) is 0 Å². The maximum absolute atomic E-state index is 6.29. The van der Waals surface area contributed by atoms with E-state index < -0.39 is 0 Å². The van der Waals surface area contributed by atoms with Gasteiger partial charge in [-0.1, -0.05) is 13.3 Å². The van der Waals surface area contributed by atoms with Crippen LogP contribution in [0.25, 0.3) is 0 Å². The number of nitrogens with two attached hydrogens (primary N) is 1.